The summed E-state index contributed by atoms with van der Waals surface area (Å²) in [6, 6.07) is 5.24. The molecule has 1 aromatic rings. The second-order valence-corrected chi connectivity index (χ2v) is 3.50. The number of hydrogen-bond donors (Lipinski definition) is 0. The minimum Gasteiger partial charge on any atom is -0.768 e. The molecule has 1 unspecified atom stereocenters. The molecule has 0 aromatic heterocycles. The topological polar surface area (TPSA) is 40.1 Å². The summed E-state index contributed by atoms with van der Waals surface area (Å²) < 4.78 is 21.0. The summed E-state index contributed by atoms with van der Waals surface area (Å²) in [6.07, 6.45) is 0. The third kappa shape index (κ3) is 3.37. The number of hydrogen-bond acceptors (Lipinski definition) is 2. The predicted octanol–water partition coefficient (Wildman–Crippen LogP) is -1.45. The maximum Gasteiger partial charge on any atom is 1.00 e. The van der Waals surface area contributed by atoms with E-state index in [2.05, 4.69) is 0 Å². The summed E-state index contributed by atoms with van der Waals surface area (Å²) in [5, 5.41) is 0. The van der Waals surface area contributed by atoms with Crippen LogP contribution in [0.5, 0.6) is 0 Å². The first-order chi connectivity index (χ1) is 5.09. The van der Waals surface area contributed by atoms with Crippen LogP contribution in [0, 0.1) is 13.8 Å². The molecule has 0 heterocycles. The molecule has 1 aromatic carbocycles. The molecule has 0 fully saturated rings. The van der Waals surface area contributed by atoms with Gasteiger partial charge in [-0.05, 0) is 48.2 Å². The van der Waals surface area contributed by atoms with Gasteiger partial charge in [0.25, 0.3) is 0 Å². The minimum absolute atomic E-state index is 0. The van der Waals surface area contributed by atoms with Gasteiger partial charge < -0.3 is 4.55 Å². The Hall–Kier alpha value is 0.330. The van der Waals surface area contributed by atoms with Gasteiger partial charge in [0.05, 0.1) is 0 Å². The van der Waals surface area contributed by atoms with E-state index in [1.54, 1.807) is 12.1 Å². The molecule has 0 bridgehead atoms. The predicted molar refractivity (Wildman–Crippen MR) is 43.1 cm³/mol. The monoisotopic (exact) mass is 192 g/mol. The van der Waals surface area contributed by atoms with Gasteiger partial charge in [0, 0.05) is 4.90 Å². The molecule has 0 saturated heterocycles. The van der Waals surface area contributed by atoms with Crippen LogP contribution in [-0.2, 0) is 11.1 Å². The van der Waals surface area contributed by atoms with Crippen molar-refractivity contribution < 1.29 is 38.3 Å². The molecule has 4 heteroatoms. The molecule has 0 saturated carbocycles. The van der Waals surface area contributed by atoms with E-state index in [0.29, 0.717) is 4.90 Å². The van der Waals surface area contributed by atoms with Crippen LogP contribution in [0.2, 0.25) is 0 Å². The molecule has 12 heavy (non-hydrogen) atoms. The zero-order valence-corrected chi connectivity index (χ0v) is 10.3. The SMILES string of the molecule is Cc1cc(C)cc(S(=O)[O-])c1.[Na+]. The Labute approximate surface area is 97.0 Å². The molecule has 60 valence electrons. The Kier molecular flexibility index (Phi) is 5.29. The number of aryl methyl sites for hydroxylation is 2. The first-order valence-corrected chi connectivity index (χ1v) is 4.34. The van der Waals surface area contributed by atoms with Crippen molar-refractivity contribution in [3.63, 3.8) is 0 Å². The van der Waals surface area contributed by atoms with Gasteiger partial charge >= 0.3 is 29.6 Å². The van der Waals surface area contributed by atoms with E-state index >= 15 is 0 Å². The Balaban J connectivity index is 0.00000121. The first kappa shape index (κ1) is 12.3. The van der Waals surface area contributed by atoms with Crippen LogP contribution in [0.3, 0.4) is 0 Å². The molecular formula is C8H9NaO2S. The maximum absolute atomic E-state index is 10.5. The average Bonchev–Trinajstić information content (AvgIpc) is 1.85. The zero-order chi connectivity index (χ0) is 8.43. The van der Waals surface area contributed by atoms with Crippen LogP contribution < -0.4 is 29.6 Å². The van der Waals surface area contributed by atoms with Crippen molar-refractivity contribution in [2.45, 2.75) is 18.7 Å². The van der Waals surface area contributed by atoms with Crippen molar-refractivity contribution in [2.24, 2.45) is 0 Å². The fraction of sp³-hybridized carbons (Fsp3) is 0.250. The van der Waals surface area contributed by atoms with Crippen molar-refractivity contribution >= 4 is 11.1 Å². The van der Waals surface area contributed by atoms with Crippen LogP contribution in [0.4, 0.5) is 0 Å². The molecule has 1 atom stereocenters. The molecule has 0 aliphatic heterocycles. The van der Waals surface area contributed by atoms with E-state index in [0.717, 1.165) is 11.1 Å². The number of rotatable bonds is 1. The minimum atomic E-state index is -2.10. The summed E-state index contributed by atoms with van der Waals surface area (Å²) in [7, 11) is 0. The summed E-state index contributed by atoms with van der Waals surface area (Å²) in [5.74, 6) is 0. The Morgan fingerprint density at radius 2 is 1.58 bits per heavy atom. The summed E-state index contributed by atoms with van der Waals surface area (Å²) >= 11 is -2.10. The van der Waals surface area contributed by atoms with Gasteiger partial charge in [-0.25, -0.2) is 0 Å². The van der Waals surface area contributed by atoms with E-state index in [-0.39, 0.29) is 29.6 Å². The Bertz CT molecular complexity index is 279. The molecule has 0 aliphatic rings. The van der Waals surface area contributed by atoms with Crippen molar-refractivity contribution in [1.29, 1.82) is 0 Å². The van der Waals surface area contributed by atoms with Gasteiger partial charge in [0.15, 0.2) is 0 Å². The van der Waals surface area contributed by atoms with Gasteiger partial charge in [-0.15, -0.1) is 0 Å². The van der Waals surface area contributed by atoms with Crippen LogP contribution in [-0.4, -0.2) is 8.76 Å². The van der Waals surface area contributed by atoms with Gasteiger partial charge in [0.2, 0.25) is 0 Å². The molecule has 1 rings (SSSR count). The van der Waals surface area contributed by atoms with E-state index in [4.69, 9.17) is 0 Å². The molecular weight excluding hydrogens is 183 g/mol. The van der Waals surface area contributed by atoms with Crippen molar-refractivity contribution in [2.75, 3.05) is 0 Å². The van der Waals surface area contributed by atoms with Crippen LogP contribution in [0.15, 0.2) is 23.1 Å². The standard InChI is InChI=1S/C8H10O2S.Na/c1-6-3-7(2)5-8(4-6)11(9)10;/h3-5H,1-2H3,(H,9,10);/q;+1/p-1. The van der Waals surface area contributed by atoms with Crippen LogP contribution in [0.1, 0.15) is 11.1 Å². The Morgan fingerprint density at radius 3 is 1.92 bits per heavy atom. The summed E-state index contributed by atoms with van der Waals surface area (Å²) in [5.41, 5.74) is 1.95. The fourth-order valence-corrected chi connectivity index (χ4v) is 1.59. The zero-order valence-electron chi connectivity index (χ0n) is 7.46. The second kappa shape index (κ2) is 5.14. The Morgan fingerprint density at radius 1 is 1.17 bits per heavy atom. The van der Waals surface area contributed by atoms with E-state index in [1.165, 1.54) is 0 Å². The number of benzene rings is 1. The molecule has 0 aliphatic carbocycles. The third-order valence-electron chi connectivity index (χ3n) is 1.39. The molecule has 0 N–H and O–H groups in total. The fourth-order valence-electron chi connectivity index (χ4n) is 1.03. The molecule has 0 amide bonds. The van der Waals surface area contributed by atoms with Gasteiger partial charge in [-0.3, -0.25) is 4.21 Å². The molecule has 2 nitrogen and oxygen atoms in total. The van der Waals surface area contributed by atoms with Crippen LogP contribution >= 0.6 is 0 Å². The third-order valence-corrected chi connectivity index (χ3v) is 2.01. The largest absolute Gasteiger partial charge is 1.00 e. The normalized spacial score (nSPS) is 11.9. The van der Waals surface area contributed by atoms with Gasteiger partial charge in [-0.1, -0.05) is 6.07 Å². The van der Waals surface area contributed by atoms with Crippen molar-refractivity contribution in [3.05, 3.63) is 29.3 Å². The van der Waals surface area contributed by atoms with Crippen molar-refractivity contribution in [3.8, 4) is 0 Å². The second-order valence-electron chi connectivity index (χ2n) is 2.56. The summed E-state index contributed by atoms with van der Waals surface area (Å²) in [6.45, 7) is 3.76. The quantitative estimate of drug-likeness (QED) is 0.403. The first-order valence-electron chi connectivity index (χ1n) is 3.27. The maximum atomic E-state index is 10.5. The smallest absolute Gasteiger partial charge is 0.768 e. The van der Waals surface area contributed by atoms with E-state index in [9.17, 15) is 8.76 Å². The average molecular weight is 192 g/mol. The van der Waals surface area contributed by atoms with E-state index < -0.39 is 11.1 Å². The molecule has 0 radical (unpaired) electrons. The van der Waals surface area contributed by atoms with Gasteiger partial charge in [-0.2, -0.15) is 0 Å². The molecule has 0 spiro atoms. The van der Waals surface area contributed by atoms with Crippen molar-refractivity contribution in [1.82, 2.24) is 0 Å². The van der Waals surface area contributed by atoms with Gasteiger partial charge in [0.1, 0.15) is 0 Å². The van der Waals surface area contributed by atoms with Crippen LogP contribution in [0.25, 0.3) is 0 Å². The summed E-state index contributed by atoms with van der Waals surface area (Å²) in [4.78, 5) is 0.363. The van der Waals surface area contributed by atoms with E-state index in [1.807, 2.05) is 19.9 Å².